The van der Waals surface area contributed by atoms with Crippen LogP contribution in [-0.4, -0.2) is 9.97 Å². The molecular weight excluding hydrogens is 224 g/mol. The fourth-order valence-corrected chi connectivity index (χ4v) is 1.08. The zero-order valence-corrected chi connectivity index (χ0v) is 8.63. The third-order valence-corrected chi connectivity index (χ3v) is 1.81. The highest BCUT2D eigenvalue weighted by Gasteiger charge is 1.98. The van der Waals surface area contributed by atoms with Gasteiger partial charge in [-0.15, -0.1) is 0 Å². The number of nitrogens with one attached hydrogen (secondary N) is 1. The Morgan fingerprint density at radius 1 is 1.38 bits per heavy atom. The van der Waals surface area contributed by atoms with Crippen molar-refractivity contribution in [2.24, 2.45) is 0 Å². The number of rotatable bonds is 2. The van der Waals surface area contributed by atoms with E-state index in [0.717, 1.165) is 0 Å². The Morgan fingerprint density at radius 2 is 2.12 bits per heavy atom. The molecule has 0 spiro atoms. The van der Waals surface area contributed by atoms with Gasteiger partial charge in [0, 0.05) is 11.9 Å². The SMILES string of the molecule is [2H]c1c([2H])c(Nc2nccc(Cl)n2)c([2H])c([2H])c1C#N. The van der Waals surface area contributed by atoms with Gasteiger partial charge in [0.1, 0.15) is 5.15 Å². The molecule has 0 aliphatic heterocycles. The summed E-state index contributed by atoms with van der Waals surface area (Å²) in [5.74, 6) is 0.0445. The molecule has 0 atom stereocenters. The van der Waals surface area contributed by atoms with Crippen LogP contribution in [0.3, 0.4) is 0 Å². The van der Waals surface area contributed by atoms with Crippen LogP contribution in [0.4, 0.5) is 11.6 Å². The Balaban J connectivity index is 2.56. The molecule has 0 saturated heterocycles. The van der Waals surface area contributed by atoms with Crippen molar-refractivity contribution in [1.29, 1.82) is 5.26 Å². The van der Waals surface area contributed by atoms with Gasteiger partial charge in [-0.1, -0.05) is 11.6 Å². The molecule has 0 aliphatic rings. The molecular formula is C11H7ClN4. The van der Waals surface area contributed by atoms with E-state index >= 15 is 0 Å². The number of hydrogen-bond acceptors (Lipinski definition) is 4. The molecule has 0 amide bonds. The summed E-state index contributed by atoms with van der Waals surface area (Å²) in [7, 11) is 0. The van der Waals surface area contributed by atoms with Crippen LogP contribution < -0.4 is 5.32 Å². The number of aromatic nitrogens is 2. The number of hydrogen-bond donors (Lipinski definition) is 1. The Labute approximate surface area is 103 Å². The molecule has 0 radical (unpaired) electrons. The van der Waals surface area contributed by atoms with Crippen LogP contribution in [0.5, 0.6) is 0 Å². The zero-order chi connectivity index (χ0) is 14.9. The van der Waals surface area contributed by atoms with Crippen LogP contribution in [0.2, 0.25) is 5.15 Å². The highest BCUT2D eigenvalue weighted by Crippen LogP contribution is 2.14. The number of anilines is 2. The lowest BCUT2D eigenvalue weighted by Crippen LogP contribution is -1.96. The van der Waals surface area contributed by atoms with Crippen molar-refractivity contribution in [2.75, 3.05) is 5.32 Å². The predicted molar refractivity (Wildman–Crippen MR) is 61.5 cm³/mol. The summed E-state index contributed by atoms with van der Waals surface area (Å²) in [6, 6.07) is 1.53. The summed E-state index contributed by atoms with van der Waals surface area (Å²) in [5.41, 5.74) is -0.418. The van der Waals surface area contributed by atoms with E-state index in [9.17, 15) is 0 Å². The van der Waals surface area contributed by atoms with E-state index in [-0.39, 0.29) is 34.4 Å². The average molecular weight is 235 g/mol. The van der Waals surface area contributed by atoms with Gasteiger partial charge in [-0.25, -0.2) is 9.97 Å². The Hall–Kier alpha value is -2.12. The molecule has 2 rings (SSSR count). The lowest BCUT2D eigenvalue weighted by Gasteiger charge is -2.03. The average Bonchev–Trinajstić information content (AvgIpc) is 2.42. The minimum atomic E-state index is -0.418. The lowest BCUT2D eigenvalue weighted by atomic mass is 10.2. The van der Waals surface area contributed by atoms with Crippen molar-refractivity contribution in [3.05, 3.63) is 47.1 Å². The first-order valence-electron chi connectivity index (χ1n) is 6.21. The second-order valence-electron chi connectivity index (χ2n) is 2.69. The molecule has 0 unspecified atom stereocenters. The van der Waals surface area contributed by atoms with Crippen molar-refractivity contribution in [3.63, 3.8) is 0 Å². The first kappa shape index (κ1) is 6.46. The summed E-state index contributed by atoms with van der Waals surface area (Å²) in [6.45, 7) is 0. The molecule has 16 heavy (non-hydrogen) atoms. The highest BCUT2D eigenvalue weighted by molar-refractivity contribution is 6.29. The topological polar surface area (TPSA) is 61.6 Å². The van der Waals surface area contributed by atoms with Crippen molar-refractivity contribution in [1.82, 2.24) is 9.97 Å². The first-order chi connectivity index (χ1) is 9.45. The van der Waals surface area contributed by atoms with E-state index in [1.807, 2.05) is 0 Å². The van der Waals surface area contributed by atoms with Crippen LogP contribution >= 0.6 is 11.6 Å². The maximum absolute atomic E-state index is 8.85. The van der Waals surface area contributed by atoms with Crippen LogP contribution in [0, 0.1) is 11.3 Å². The maximum Gasteiger partial charge on any atom is 0.228 e. The largest absolute Gasteiger partial charge is 0.324 e. The van der Waals surface area contributed by atoms with Gasteiger partial charge < -0.3 is 5.32 Å². The van der Waals surface area contributed by atoms with E-state index in [1.54, 1.807) is 6.07 Å². The monoisotopic (exact) mass is 234 g/mol. The first-order valence-corrected chi connectivity index (χ1v) is 4.59. The number of halogens is 1. The van der Waals surface area contributed by atoms with E-state index in [4.69, 9.17) is 22.3 Å². The molecule has 4 nitrogen and oxygen atoms in total. The maximum atomic E-state index is 8.85. The van der Waals surface area contributed by atoms with Crippen LogP contribution in [-0.2, 0) is 0 Å². The third kappa shape index (κ3) is 2.47. The van der Waals surface area contributed by atoms with Gasteiger partial charge in [-0.3, -0.25) is 0 Å². The predicted octanol–water partition coefficient (Wildman–Crippen LogP) is 2.75. The Bertz CT molecular complexity index is 700. The van der Waals surface area contributed by atoms with Crippen LogP contribution in [0.15, 0.2) is 36.4 Å². The molecule has 78 valence electrons. The van der Waals surface area contributed by atoms with Crippen molar-refractivity contribution < 1.29 is 5.48 Å². The summed E-state index contributed by atoms with van der Waals surface area (Å²) in [6.07, 6.45) is 1.39. The summed E-state index contributed by atoms with van der Waals surface area (Å²) < 4.78 is 30.9. The van der Waals surface area contributed by atoms with Crippen molar-refractivity contribution >= 4 is 23.2 Å². The van der Waals surface area contributed by atoms with Gasteiger partial charge >= 0.3 is 0 Å². The smallest absolute Gasteiger partial charge is 0.228 e. The van der Waals surface area contributed by atoms with Crippen LogP contribution in [0.25, 0.3) is 0 Å². The van der Waals surface area contributed by atoms with Gasteiger partial charge in [0.05, 0.1) is 17.1 Å². The molecule has 1 N–H and O–H groups in total. The van der Waals surface area contributed by atoms with E-state index in [0.29, 0.717) is 0 Å². The molecule has 5 heteroatoms. The third-order valence-electron chi connectivity index (χ3n) is 1.60. The van der Waals surface area contributed by atoms with Gasteiger partial charge in [0.2, 0.25) is 5.95 Å². The minimum Gasteiger partial charge on any atom is -0.324 e. The van der Waals surface area contributed by atoms with E-state index in [1.165, 1.54) is 12.3 Å². The molecule has 0 fully saturated rings. The number of benzene rings is 1. The molecule has 2 aromatic rings. The number of nitrogens with zero attached hydrogens (tertiary/aromatic N) is 3. The van der Waals surface area contributed by atoms with Gasteiger partial charge in [-0.2, -0.15) is 5.26 Å². The molecule has 1 aromatic carbocycles. The lowest BCUT2D eigenvalue weighted by molar-refractivity contribution is 1.17. The highest BCUT2D eigenvalue weighted by atomic mass is 35.5. The fraction of sp³-hybridized carbons (Fsp3) is 0. The normalized spacial score (nSPS) is 13.0. The molecule has 0 saturated carbocycles. The van der Waals surface area contributed by atoms with Crippen LogP contribution in [0.1, 0.15) is 11.0 Å². The Morgan fingerprint density at radius 3 is 2.75 bits per heavy atom. The quantitative estimate of drug-likeness (QED) is 0.812. The number of nitriles is 1. The molecule has 0 aliphatic carbocycles. The second kappa shape index (κ2) is 4.60. The van der Waals surface area contributed by atoms with Crippen molar-refractivity contribution in [2.45, 2.75) is 0 Å². The summed E-state index contributed by atoms with van der Waals surface area (Å²) in [4.78, 5) is 7.70. The van der Waals surface area contributed by atoms with Crippen molar-refractivity contribution in [3.8, 4) is 6.07 Å². The molecule has 1 aromatic heterocycles. The van der Waals surface area contributed by atoms with E-state index in [2.05, 4.69) is 15.3 Å². The molecule has 1 heterocycles. The van der Waals surface area contributed by atoms with Gasteiger partial charge in [0.15, 0.2) is 0 Å². The van der Waals surface area contributed by atoms with Gasteiger partial charge in [-0.05, 0) is 30.2 Å². The van der Waals surface area contributed by atoms with E-state index < -0.39 is 12.1 Å². The standard InChI is InChI=1S/C11H7ClN4/c12-10-5-6-14-11(16-10)15-9-3-1-8(7-13)2-4-9/h1-6H,(H,14,15,16)/i1D,2D,3D,4D. The minimum absolute atomic E-state index is 0.0445. The Kier molecular flexibility index (Phi) is 1.86. The zero-order valence-electron chi connectivity index (χ0n) is 11.9. The molecule has 0 bridgehead atoms. The second-order valence-corrected chi connectivity index (χ2v) is 3.08. The summed E-state index contributed by atoms with van der Waals surface area (Å²) in [5, 5.41) is 11.6. The summed E-state index contributed by atoms with van der Waals surface area (Å²) >= 11 is 5.70. The van der Waals surface area contributed by atoms with Gasteiger partial charge in [0.25, 0.3) is 0 Å². The fourth-order valence-electron chi connectivity index (χ4n) is 0.940.